The first-order chi connectivity index (χ1) is 12.1. The van der Waals surface area contributed by atoms with Crippen molar-refractivity contribution in [2.75, 3.05) is 5.32 Å². The highest BCUT2D eigenvalue weighted by atomic mass is 35.5. The fourth-order valence-corrected chi connectivity index (χ4v) is 2.73. The van der Waals surface area contributed by atoms with E-state index in [1.165, 1.54) is 11.0 Å². The van der Waals surface area contributed by atoms with Crippen LogP contribution < -0.4 is 5.32 Å². The summed E-state index contributed by atoms with van der Waals surface area (Å²) in [5, 5.41) is 14.2. The summed E-state index contributed by atoms with van der Waals surface area (Å²) < 4.78 is 6.31. The molecule has 0 unspecified atom stereocenters. The second kappa shape index (κ2) is 5.99. The summed E-state index contributed by atoms with van der Waals surface area (Å²) in [7, 11) is 0. The van der Waals surface area contributed by atoms with Gasteiger partial charge in [0.25, 0.3) is 5.91 Å². The van der Waals surface area contributed by atoms with Gasteiger partial charge in [-0.25, -0.2) is 4.79 Å². The van der Waals surface area contributed by atoms with Crippen molar-refractivity contribution in [1.82, 2.24) is 20.2 Å². The molecule has 8 nitrogen and oxygen atoms in total. The molecule has 0 saturated carbocycles. The molecule has 25 heavy (non-hydrogen) atoms. The Kier molecular flexibility index (Phi) is 3.66. The van der Waals surface area contributed by atoms with Crippen molar-refractivity contribution in [3.8, 4) is 5.69 Å². The van der Waals surface area contributed by atoms with Crippen LogP contribution in [0.5, 0.6) is 0 Å². The highest BCUT2D eigenvalue weighted by Crippen LogP contribution is 2.25. The summed E-state index contributed by atoms with van der Waals surface area (Å²) in [5.74, 6) is -0.709. The van der Waals surface area contributed by atoms with E-state index in [0.29, 0.717) is 27.5 Å². The van der Waals surface area contributed by atoms with Crippen molar-refractivity contribution in [3.05, 3.63) is 64.4 Å². The van der Waals surface area contributed by atoms with E-state index in [0.717, 1.165) is 5.56 Å². The average Bonchev–Trinajstić information content (AvgIpc) is 3.25. The number of tetrazole rings is 1. The molecular formula is C16H10ClN5O3. The lowest BCUT2D eigenvalue weighted by atomic mass is 10.1. The molecule has 1 aliphatic rings. The lowest BCUT2D eigenvalue weighted by Crippen LogP contribution is -2.15. The summed E-state index contributed by atoms with van der Waals surface area (Å²) in [5.41, 5.74) is 2.61. The summed E-state index contributed by atoms with van der Waals surface area (Å²) in [6.45, 7) is 0.203. The first-order valence-electron chi connectivity index (χ1n) is 7.26. The molecule has 1 amide bonds. The molecule has 1 N–H and O–H groups in total. The second-order valence-corrected chi connectivity index (χ2v) is 5.75. The largest absolute Gasteiger partial charge is 0.457 e. The molecule has 3 aromatic rings. The number of rotatable bonds is 3. The zero-order chi connectivity index (χ0) is 17.4. The van der Waals surface area contributed by atoms with Gasteiger partial charge in [0.1, 0.15) is 12.9 Å². The smallest absolute Gasteiger partial charge is 0.338 e. The van der Waals surface area contributed by atoms with E-state index >= 15 is 0 Å². The number of halogens is 1. The van der Waals surface area contributed by atoms with E-state index in [-0.39, 0.29) is 18.5 Å². The molecule has 0 radical (unpaired) electrons. The number of amides is 1. The van der Waals surface area contributed by atoms with Gasteiger partial charge in [-0.1, -0.05) is 11.6 Å². The number of aromatic nitrogens is 4. The van der Waals surface area contributed by atoms with Gasteiger partial charge in [-0.15, -0.1) is 5.10 Å². The maximum Gasteiger partial charge on any atom is 0.338 e. The summed E-state index contributed by atoms with van der Waals surface area (Å²) in [4.78, 5) is 24.2. The van der Waals surface area contributed by atoms with Crippen molar-refractivity contribution in [3.63, 3.8) is 0 Å². The molecule has 4 rings (SSSR count). The Labute approximate surface area is 146 Å². The van der Waals surface area contributed by atoms with E-state index in [1.54, 1.807) is 36.4 Å². The molecule has 1 aliphatic heterocycles. The number of benzene rings is 2. The fourth-order valence-electron chi connectivity index (χ4n) is 2.57. The molecule has 2 aromatic carbocycles. The third-order valence-corrected chi connectivity index (χ3v) is 3.98. The topological polar surface area (TPSA) is 99.0 Å². The summed E-state index contributed by atoms with van der Waals surface area (Å²) in [6, 6.07) is 9.79. The van der Waals surface area contributed by atoms with Crippen molar-refractivity contribution in [2.24, 2.45) is 0 Å². The Balaban J connectivity index is 1.65. The van der Waals surface area contributed by atoms with E-state index in [1.807, 2.05) is 0 Å². The van der Waals surface area contributed by atoms with Crippen LogP contribution in [0, 0.1) is 0 Å². The average molecular weight is 356 g/mol. The molecule has 0 saturated heterocycles. The number of anilines is 1. The van der Waals surface area contributed by atoms with Crippen molar-refractivity contribution >= 4 is 29.2 Å². The number of carbonyl (C=O) groups excluding carboxylic acids is 2. The van der Waals surface area contributed by atoms with Crippen LogP contribution in [0.2, 0.25) is 5.02 Å². The van der Waals surface area contributed by atoms with E-state index in [2.05, 4.69) is 20.8 Å². The molecule has 0 spiro atoms. The molecule has 9 heteroatoms. The number of hydrogen-bond acceptors (Lipinski definition) is 6. The van der Waals surface area contributed by atoms with Crippen LogP contribution in [0.15, 0.2) is 42.7 Å². The van der Waals surface area contributed by atoms with Crippen LogP contribution in [-0.4, -0.2) is 32.1 Å². The molecule has 0 atom stereocenters. The third kappa shape index (κ3) is 2.83. The van der Waals surface area contributed by atoms with Gasteiger partial charge in [-0.3, -0.25) is 4.79 Å². The molecule has 0 fully saturated rings. The van der Waals surface area contributed by atoms with Gasteiger partial charge in [0.2, 0.25) is 0 Å². The maximum absolute atomic E-state index is 12.7. The predicted molar refractivity (Wildman–Crippen MR) is 87.7 cm³/mol. The number of nitrogens with zero attached hydrogens (tertiary/aromatic N) is 4. The van der Waals surface area contributed by atoms with Crippen molar-refractivity contribution < 1.29 is 14.3 Å². The fraction of sp³-hybridized carbons (Fsp3) is 0.0625. The first-order valence-corrected chi connectivity index (χ1v) is 7.64. The minimum Gasteiger partial charge on any atom is -0.457 e. The number of nitrogens with one attached hydrogen (secondary N) is 1. The van der Waals surface area contributed by atoms with Gasteiger partial charge in [-0.05, 0) is 46.8 Å². The zero-order valence-electron chi connectivity index (χ0n) is 12.6. The van der Waals surface area contributed by atoms with E-state index in [9.17, 15) is 9.59 Å². The van der Waals surface area contributed by atoms with Crippen LogP contribution in [0.25, 0.3) is 5.69 Å². The molecular weight excluding hydrogens is 346 g/mol. The minimum atomic E-state index is -0.355. The molecule has 0 bridgehead atoms. The summed E-state index contributed by atoms with van der Waals surface area (Å²) in [6.07, 6.45) is 1.38. The Morgan fingerprint density at radius 1 is 1.24 bits per heavy atom. The van der Waals surface area contributed by atoms with Gasteiger partial charge in [0.05, 0.1) is 16.8 Å². The number of hydrogen-bond donors (Lipinski definition) is 1. The Morgan fingerprint density at radius 2 is 2.12 bits per heavy atom. The normalized spacial score (nSPS) is 12.6. The van der Waals surface area contributed by atoms with Gasteiger partial charge < -0.3 is 10.1 Å². The number of carbonyl (C=O) groups is 2. The SMILES string of the molecule is O=C1OCc2cc(NC(=O)c3ccc(Cl)cc3-n3cnnn3)ccc21. The van der Waals surface area contributed by atoms with Gasteiger partial charge >= 0.3 is 5.97 Å². The number of ether oxygens (including phenoxy) is 1. The highest BCUT2D eigenvalue weighted by Gasteiger charge is 2.22. The Bertz CT molecular complexity index is 987. The summed E-state index contributed by atoms with van der Waals surface area (Å²) >= 11 is 6.02. The van der Waals surface area contributed by atoms with Crippen LogP contribution in [0.4, 0.5) is 5.69 Å². The van der Waals surface area contributed by atoms with E-state index < -0.39 is 0 Å². The second-order valence-electron chi connectivity index (χ2n) is 5.32. The van der Waals surface area contributed by atoms with Gasteiger partial charge in [-0.2, -0.15) is 4.68 Å². The Hall–Kier alpha value is -3.26. The minimum absolute atomic E-state index is 0.203. The maximum atomic E-state index is 12.7. The quantitative estimate of drug-likeness (QED) is 0.723. The highest BCUT2D eigenvalue weighted by molar-refractivity contribution is 6.31. The first kappa shape index (κ1) is 15.3. The number of esters is 1. The molecule has 0 aliphatic carbocycles. The standard InChI is InChI=1S/C16H10ClN5O3/c17-10-1-3-13(14(6-10)22-8-18-20-21-22)15(23)19-11-2-4-12-9(5-11)7-25-16(12)24/h1-6,8H,7H2,(H,19,23). The third-order valence-electron chi connectivity index (χ3n) is 3.74. The van der Waals surface area contributed by atoms with Gasteiger partial charge in [0.15, 0.2) is 0 Å². The van der Waals surface area contributed by atoms with Gasteiger partial charge in [0, 0.05) is 16.3 Å². The molecule has 2 heterocycles. The van der Waals surface area contributed by atoms with Crippen LogP contribution in [0.1, 0.15) is 26.3 Å². The molecule has 1 aromatic heterocycles. The zero-order valence-corrected chi connectivity index (χ0v) is 13.4. The van der Waals surface area contributed by atoms with Crippen LogP contribution in [-0.2, 0) is 11.3 Å². The number of fused-ring (bicyclic) bond motifs is 1. The Morgan fingerprint density at radius 3 is 2.92 bits per heavy atom. The van der Waals surface area contributed by atoms with Crippen LogP contribution >= 0.6 is 11.6 Å². The monoisotopic (exact) mass is 355 g/mol. The van der Waals surface area contributed by atoms with Crippen LogP contribution in [0.3, 0.4) is 0 Å². The predicted octanol–water partition coefficient (Wildman–Crippen LogP) is 2.24. The van der Waals surface area contributed by atoms with Crippen molar-refractivity contribution in [1.29, 1.82) is 0 Å². The molecule has 124 valence electrons. The van der Waals surface area contributed by atoms with E-state index in [4.69, 9.17) is 16.3 Å². The number of cyclic esters (lactones) is 1. The lowest BCUT2D eigenvalue weighted by molar-refractivity contribution is 0.0535. The van der Waals surface area contributed by atoms with Crippen molar-refractivity contribution in [2.45, 2.75) is 6.61 Å². The lowest BCUT2D eigenvalue weighted by Gasteiger charge is -2.10.